The predicted octanol–water partition coefficient (Wildman–Crippen LogP) is 0.611. The van der Waals surface area contributed by atoms with E-state index in [9.17, 15) is 0 Å². The molecule has 1 aliphatic rings. The molecule has 0 aromatic rings. The van der Waals surface area contributed by atoms with Gasteiger partial charge in [-0.25, -0.2) is 0 Å². The molecule has 0 amide bonds. The maximum Gasteiger partial charge on any atom is 0.0678 e. The molecule has 2 N–H and O–H groups in total. The van der Waals surface area contributed by atoms with E-state index in [1.54, 1.807) is 0 Å². The summed E-state index contributed by atoms with van der Waals surface area (Å²) in [6, 6.07) is 0. The number of morpholine rings is 1. The van der Waals surface area contributed by atoms with Crippen molar-refractivity contribution in [1.29, 1.82) is 0 Å². The summed E-state index contributed by atoms with van der Waals surface area (Å²) in [4.78, 5) is 2.39. The highest BCUT2D eigenvalue weighted by Gasteiger charge is 2.20. The van der Waals surface area contributed by atoms with Crippen LogP contribution in [0.5, 0.6) is 0 Å². The van der Waals surface area contributed by atoms with Gasteiger partial charge < -0.3 is 10.5 Å². The summed E-state index contributed by atoms with van der Waals surface area (Å²) >= 11 is 0. The highest BCUT2D eigenvalue weighted by Crippen LogP contribution is 2.09. The molecule has 0 bridgehead atoms. The Hall–Kier alpha value is -0.380. The standard InChI is InChI=1S/C10H20N2O/c1-9-7-12(6-4-3-5-11)8-10(2)13-9/h3-4,9-10H,5-8,11H2,1-2H3. The van der Waals surface area contributed by atoms with Crippen LogP contribution in [0.15, 0.2) is 12.2 Å². The van der Waals surface area contributed by atoms with Crippen molar-refractivity contribution in [3.8, 4) is 0 Å². The second-order valence-electron chi connectivity index (χ2n) is 3.68. The van der Waals surface area contributed by atoms with E-state index in [2.05, 4.69) is 24.8 Å². The zero-order chi connectivity index (χ0) is 9.68. The summed E-state index contributed by atoms with van der Waals surface area (Å²) in [5.41, 5.74) is 5.37. The Labute approximate surface area is 80.5 Å². The molecular weight excluding hydrogens is 164 g/mol. The molecule has 3 heteroatoms. The SMILES string of the molecule is CC1CN(CC=CCN)CC(C)O1. The summed E-state index contributed by atoms with van der Waals surface area (Å²) in [5, 5.41) is 0. The van der Waals surface area contributed by atoms with Crippen LogP contribution >= 0.6 is 0 Å². The molecule has 2 atom stereocenters. The van der Waals surface area contributed by atoms with Crippen molar-refractivity contribution < 1.29 is 4.74 Å². The first-order valence-corrected chi connectivity index (χ1v) is 4.95. The van der Waals surface area contributed by atoms with E-state index in [-0.39, 0.29) is 0 Å². The predicted molar refractivity (Wildman–Crippen MR) is 54.6 cm³/mol. The van der Waals surface area contributed by atoms with Gasteiger partial charge >= 0.3 is 0 Å². The molecule has 0 saturated carbocycles. The van der Waals surface area contributed by atoms with Crippen molar-refractivity contribution in [2.45, 2.75) is 26.1 Å². The summed E-state index contributed by atoms with van der Waals surface area (Å²) in [5.74, 6) is 0. The second-order valence-corrected chi connectivity index (χ2v) is 3.68. The third-order valence-corrected chi connectivity index (χ3v) is 2.16. The van der Waals surface area contributed by atoms with Gasteiger partial charge in [0, 0.05) is 26.2 Å². The highest BCUT2D eigenvalue weighted by molar-refractivity contribution is 4.87. The first-order valence-electron chi connectivity index (χ1n) is 4.95. The van der Waals surface area contributed by atoms with Gasteiger partial charge in [-0.2, -0.15) is 0 Å². The Bertz CT molecular complexity index is 160. The quantitative estimate of drug-likeness (QED) is 0.653. The van der Waals surface area contributed by atoms with Crippen LogP contribution in [0.2, 0.25) is 0 Å². The van der Waals surface area contributed by atoms with E-state index in [0.717, 1.165) is 19.6 Å². The smallest absolute Gasteiger partial charge is 0.0678 e. The molecule has 0 aliphatic carbocycles. The Kier molecular flexibility index (Phi) is 4.42. The molecule has 0 aromatic heterocycles. The molecule has 0 spiro atoms. The maximum absolute atomic E-state index is 5.63. The van der Waals surface area contributed by atoms with Crippen LogP contribution in [-0.4, -0.2) is 43.3 Å². The number of rotatable bonds is 3. The summed E-state index contributed by atoms with van der Waals surface area (Å²) < 4.78 is 5.63. The summed E-state index contributed by atoms with van der Waals surface area (Å²) in [7, 11) is 0. The van der Waals surface area contributed by atoms with Crippen LogP contribution in [0, 0.1) is 0 Å². The fraction of sp³-hybridized carbons (Fsp3) is 0.800. The minimum atomic E-state index is 0.357. The van der Waals surface area contributed by atoms with Gasteiger partial charge in [-0.05, 0) is 13.8 Å². The van der Waals surface area contributed by atoms with Gasteiger partial charge in [-0.1, -0.05) is 12.2 Å². The third-order valence-electron chi connectivity index (χ3n) is 2.16. The third kappa shape index (κ3) is 3.89. The lowest BCUT2D eigenvalue weighted by Crippen LogP contribution is -2.45. The molecule has 1 aliphatic heterocycles. The van der Waals surface area contributed by atoms with E-state index in [4.69, 9.17) is 10.5 Å². The van der Waals surface area contributed by atoms with E-state index in [1.165, 1.54) is 0 Å². The Balaban J connectivity index is 2.28. The Morgan fingerprint density at radius 1 is 1.31 bits per heavy atom. The van der Waals surface area contributed by atoms with Gasteiger partial charge in [-0.15, -0.1) is 0 Å². The molecule has 1 rings (SSSR count). The van der Waals surface area contributed by atoms with Gasteiger partial charge in [-0.3, -0.25) is 4.90 Å². The average Bonchev–Trinajstić information content (AvgIpc) is 2.03. The normalized spacial score (nSPS) is 31.3. The molecule has 3 nitrogen and oxygen atoms in total. The van der Waals surface area contributed by atoms with Crippen molar-refractivity contribution in [2.75, 3.05) is 26.2 Å². The largest absolute Gasteiger partial charge is 0.373 e. The van der Waals surface area contributed by atoms with Crippen LogP contribution in [0.1, 0.15) is 13.8 Å². The van der Waals surface area contributed by atoms with Crippen LogP contribution in [-0.2, 0) is 4.74 Å². The number of nitrogens with zero attached hydrogens (tertiary/aromatic N) is 1. The molecule has 13 heavy (non-hydrogen) atoms. The number of nitrogens with two attached hydrogens (primary N) is 1. The van der Waals surface area contributed by atoms with E-state index < -0.39 is 0 Å². The van der Waals surface area contributed by atoms with Crippen molar-refractivity contribution in [1.82, 2.24) is 4.90 Å². The van der Waals surface area contributed by atoms with Crippen molar-refractivity contribution >= 4 is 0 Å². The molecule has 2 unspecified atom stereocenters. The number of ether oxygens (including phenoxy) is 1. The fourth-order valence-electron chi connectivity index (χ4n) is 1.75. The minimum Gasteiger partial charge on any atom is -0.373 e. The minimum absolute atomic E-state index is 0.357. The molecule has 1 heterocycles. The van der Waals surface area contributed by atoms with Crippen LogP contribution < -0.4 is 5.73 Å². The first-order chi connectivity index (χ1) is 6.22. The molecule has 76 valence electrons. The van der Waals surface area contributed by atoms with Gasteiger partial charge in [0.15, 0.2) is 0 Å². The topological polar surface area (TPSA) is 38.5 Å². The van der Waals surface area contributed by atoms with Gasteiger partial charge in [0.25, 0.3) is 0 Å². The van der Waals surface area contributed by atoms with Crippen molar-refractivity contribution in [2.24, 2.45) is 5.73 Å². The van der Waals surface area contributed by atoms with E-state index >= 15 is 0 Å². The van der Waals surface area contributed by atoms with Gasteiger partial charge in [0.05, 0.1) is 12.2 Å². The van der Waals surface area contributed by atoms with Crippen LogP contribution in [0.4, 0.5) is 0 Å². The monoisotopic (exact) mass is 184 g/mol. The average molecular weight is 184 g/mol. The molecule has 0 radical (unpaired) electrons. The summed E-state index contributed by atoms with van der Waals surface area (Å²) in [6.07, 6.45) is 4.85. The van der Waals surface area contributed by atoms with Gasteiger partial charge in [0.1, 0.15) is 0 Å². The van der Waals surface area contributed by atoms with E-state index in [0.29, 0.717) is 18.8 Å². The number of hydrogen-bond acceptors (Lipinski definition) is 3. The fourth-order valence-corrected chi connectivity index (χ4v) is 1.75. The zero-order valence-corrected chi connectivity index (χ0v) is 8.57. The van der Waals surface area contributed by atoms with Crippen LogP contribution in [0.3, 0.4) is 0 Å². The highest BCUT2D eigenvalue weighted by atomic mass is 16.5. The zero-order valence-electron chi connectivity index (χ0n) is 8.57. The summed E-state index contributed by atoms with van der Waals surface area (Å²) in [6.45, 7) is 7.92. The van der Waals surface area contributed by atoms with Crippen molar-refractivity contribution in [3.63, 3.8) is 0 Å². The Morgan fingerprint density at radius 2 is 1.92 bits per heavy atom. The lowest BCUT2D eigenvalue weighted by atomic mass is 10.2. The number of hydrogen-bond donors (Lipinski definition) is 1. The molecule has 0 aromatic carbocycles. The molecular formula is C10H20N2O. The Morgan fingerprint density at radius 3 is 2.46 bits per heavy atom. The lowest BCUT2D eigenvalue weighted by Gasteiger charge is -2.34. The molecule has 1 saturated heterocycles. The first kappa shape index (κ1) is 10.7. The van der Waals surface area contributed by atoms with Gasteiger partial charge in [0.2, 0.25) is 0 Å². The lowest BCUT2D eigenvalue weighted by molar-refractivity contribution is -0.0646. The second kappa shape index (κ2) is 5.37. The maximum atomic E-state index is 5.63. The van der Waals surface area contributed by atoms with Crippen LogP contribution in [0.25, 0.3) is 0 Å². The van der Waals surface area contributed by atoms with E-state index in [1.807, 2.05) is 6.08 Å². The van der Waals surface area contributed by atoms with Crippen molar-refractivity contribution in [3.05, 3.63) is 12.2 Å². The molecule has 1 fully saturated rings.